The maximum absolute atomic E-state index is 12.9. The van der Waals surface area contributed by atoms with Gasteiger partial charge in [0.25, 0.3) is 5.91 Å². The summed E-state index contributed by atoms with van der Waals surface area (Å²) in [5.74, 6) is -0.333. The third-order valence-corrected chi connectivity index (χ3v) is 4.10. The summed E-state index contributed by atoms with van der Waals surface area (Å²) in [6.07, 6.45) is 2.48. The van der Waals surface area contributed by atoms with Crippen LogP contribution in [-0.4, -0.2) is 48.4 Å². The molecule has 3 N–H and O–H groups in total. The lowest BCUT2D eigenvalue weighted by atomic mass is 10.00. The molecular formula is C18H26N4O3. The highest BCUT2D eigenvalue weighted by atomic mass is 16.2. The number of hydrogen-bond acceptors (Lipinski definition) is 3. The van der Waals surface area contributed by atoms with Crippen molar-refractivity contribution in [2.45, 2.75) is 45.2 Å². The Labute approximate surface area is 148 Å². The van der Waals surface area contributed by atoms with Gasteiger partial charge in [-0.1, -0.05) is 6.07 Å². The lowest BCUT2D eigenvalue weighted by Crippen LogP contribution is -2.51. The minimum Gasteiger partial charge on any atom is -0.357 e. The first-order valence-electron chi connectivity index (χ1n) is 8.62. The number of rotatable bonds is 4. The first kappa shape index (κ1) is 18.8. The average Bonchev–Trinajstić information content (AvgIpc) is 2.60. The van der Waals surface area contributed by atoms with Crippen molar-refractivity contribution in [3.05, 3.63) is 29.8 Å². The molecule has 1 aliphatic heterocycles. The van der Waals surface area contributed by atoms with Crippen molar-refractivity contribution in [2.24, 2.45) is 0 Å². The van der Waals surface area contributed by atoms with Gasteiger partial charge < -0.3 is 20.9 Å². The Kier molecular flexibility index (Phi) is 6.38. The predicted molar refractivity (Wildman–Crippen MR) is 96.5 cm³/mol. The normalized spacial score (nSPS) is 17.1. The van der Waals surface area contributed by atoms with Crippen LogP contribution in [0.4, 0.5) is 10.5 Å². The Morgan fingerprint density at radius 3 is 2.64 bits per heavy atom. The number of urea groups is 1. The minimum absolute atomic E-state index is 0.0199. The summed E-state index contributed by atoms with van der Waals surface area (Å²) in [4.78, 5) is 38.4. The van der Waals surface area contributed by atoms with E-state index in [-0.39, 0.29) is 23.9 Å². The largest absolute Gasteiger partial charge is 0.357 e. The molecule has 25 heavy (non-hydrogen) atoms. The Bertz CT molecular complexity index is 645. The lowest BCUT2D eigenvalue weighted by molar-refractivity contribution is -0.126. The van der Waals surface area contributed by atoms with Crippen LogP contribution in [0, 0.1) is 0 Å². The summed E-state index contributed by atoms with van der Waals surface area (Å²) in [5, 5.41) is 8.08. The van der Waals surface area contributed by atoms with E-state index in [1.165, 1.54) is 0 Å². The van der Waals surface area contributed by atoms with E-state index in [1.807, 2.05) is 13.8 Å². The maximum Gasteiger partial charge on any atom is 0.319 e. The molecule has 1 aliphatic rings. The molecule has 0 bridgehead atoms. The van der Waals surface area contributed by atoms with Crippen LogP contribution in [0.15, 0.2) is 24.3 Å². The quantitative estimate of drug-likeness (QED) is 0.778. The molecule has 0 radical (unpaired) electrons. The van der Waals surface area contributed by atoms with Gasteiger partial charge in [0.05, 0.1) is 0 Å². The second-order valence-corrected chi connectivity index (χ2v) is 6.46. The molecule has 2 rings (SSSR count). The van der Waals surface area contributed by atoms with Crippen molar-refractivity contribution in [2.75, 3.05) is 18.9 Å². The Balaban J connectivity index is 2.14. The number of nitrogens with one attached hydrogen (secondary N) is 3. The SMILES string of the molecule is CNC(=O)[C@@H]1CCCCN1C(=O)c1cccc(NC(=O)NC(C)C)c1. The van der Waals surface area contributed by atoms with E-state index >= 15 is 0 Å². The molecule has 7 nitrogen and oxygen atoms in total. The van der Waals surface area contributed by atoms with Crippen LogP contribution in [0.2, 0.25) is 0 Å². The number of amides is 4. The molecule has 0 unspecified atom stereocenters. The molecule has 4 amide bonds. The summed E-state index contributed by atoms with van der Waals surface area (Å²) in [6, 6.07) is 6.04. The average molecular weight is 346 g/mol. The number of likely N-dealkylation sites (tertiary alicyclic amines) is 1. The third kappa shape index (κ3) is 4.95. The smallest absolute Gasteiger partial charge is 0.319 e. The van der Waals surface area contributed by atoms with Crippen LogP contribution in [0.1, 0.15) is 43.5 Å². The molecule has 0 spiro atoms. The van der Waals surface area contributed by atoms with Gasteiger partial charge in [-0.25, -0.2) is 4.79 Å². The number of carbonyl (C=O) groups is 3. The van der Waals surface area contributed by atoms with Crippen LogP contribution < -0.4 is 16.0 Å². The number of likely N-dealkylation sites (N-methyl/N-ethyl adjacent to an activating group) is 1. The van der Waals surface area contributed by atoms with Crippen molar-refractivity contribution in [3.63, 3.8) is 0 Å². The lowest BCUT2D eigenvalue weighted by Gasteiger charge is -2.34. The fourth-order valence-corrected chi connectivity index (χ4v) is 2.94. The van der Waals surface area contributed by atoms with E-state index in [0.717, 1.165) is 12.8 Å². The van der Waals surface area contributed by atoms with Gasteiger partial charge in [0.2, 0.25) is 5.91 Å². The summed E-state index contributed by atoms with van der Waals surface area (Å²) in [7, 11) is 1.58. The van der Waals surface area contributed by atoms with Gasteiger partial charge in [-0.3, -0.25) is 9.59 Å². The predicted octanol–water partition coefficient (Wildman–Crippen LogP) is 1.96. The number of carbonyl (C=O) groups excluding carboxylic acids is 3. The molecule has 1 atom stereocenters. The number of benzene rings is 1. The summed E-state index contributed by atoms with van der Waals surface area (Å²) >= 11 is 0. The van der Waals surface area contributed by atoms with Crippen LogP contribution in [-0.2, 0) is 4.79 Å². The number of piperidine rings is 1. The van der Waals surface area contributed by atoms with Gasteiger partial charge in [-0.2, -0.15) is 0 Å². The van der Waals surface area contributed by atoms with Gasteiger partial charge in [-0.05, 0) is 51.3 Å². The van der Waals surface area contributed by atoms with Gasteiger partial charge in [-0.15, -0.1) is 0 Å². The highest BCUT2D eigenvalue weighted by molar-refractivity contribution is 5.99. The van der Waals surface area contributed by atoms with E-state index < -0.39 is 6.04 Å². The van der Waals surface area contributed by atoms with Crippen LogP contribution >= 0.6 is 0 Å². The fourth-order valence-electron chi connectivity index (χ4n) is 2.94. The summed E-state index contributed by atoms with van der Waals surface area (Å²) < 4.78 is 0. The Morgan fingerprint density at radius 2 is 1.96 bits per heavy atom. The standard InChI is InChI=1S/C18H26N4O3/c1-12(2)20-18(25)21-14-8-6-7-13(11-14)17(24)22-10-5-4-9-15(22)16(23)19-3/h6-8,11-12,15H,4-5,9-10H2,1-3H3,(H,19,23)(H2,20,21,25)/t15-/m0/s1. The summed E-state index contributed by atoms with van der Waals surface area (Å²) in [5.41, 5.74) is 0.996. The minimum atomic E-state index is -0.438. The molecular weight excluding hydrogens is 320 g/mol. The zero-order valence-corrected chi connectivity index (χ0v) is 15.0. The summed E-state index contributed by atoms with van der Waals surface area (Å²) in [6.45, 7) is 4.30. The molecule has 1 aromatic carbocycles. The molecule has 1 aromatic rings. The van der Waals surface area contributed by atoms with Crippen LogP contribution in [0.3, 0.4) is 0 Å². The van der Waals surface area contributed by atoms with Crippen molar-refractivity contribution < 1.29 is 14.4 Å². The highest BCUT2D eigenvalue weighted by Crippen LogP contribution is 2.21. The topological polar surface area (TPSA) is 90.5 Å². The van der Waals surface area contributed by atoms with Crippen LogP contribution in [0.5, 0.6) is 0 Å². The van der Waals surface area contributed by atoms with Crippen molar-refractivity contribution in [1.29, 1.82) is 0 Å². The van der Waals surface area contributed by atoms with E-state index in [2.05, 4.69) is 16.0 Å². The monoisotopic (exact) mass is 346 g/mol. The second-order valence-electron chi connectivity index (χ2n) is 6.46. The maximum atomic E-state index is 12.9. The van der Waals surface area contributed by atoms with Crippen molar-refractivity contribution >= 4 is 23.5 Å². The highest BCUT2D eigenvalue weighted by Gasteiger charge is 2.32. The van der Waals surface area contributed by atoms with E-state index in [4.69, 9.17) is 0 Å². The zero-order valence-electron chi connectivity index (χ0n) is 15.0. The number of anilines is 1. The van der Waals surface area contributed by atoms with Gasteiger partial charge in [0.1, 0.15) is 6.04 Å². The molecule has 1 heterocycles. The van der Waals surface area contributed by atoms with Crippen molar-refractivity contribution in [3.8, 4) is 0 Å². The molecule has 0 aromatic heterocycles. The van der Waals surface area contributed by atoms with E-state index in [1.54, 1.807) is 36.2 Å². The number of hydrogen-bond donors (Lipinski definition) is 3. The molecule has 0 saturated carbocycles. The first-order chi connectivity index (χ1) is 11.9. The van der Waals surface area contributed by atoms with Crippen molar-refractivity contribution in [1.82, 2.24) is 15.5 Å². The van der Waals surface area contributed by atoms with Crippen LogP contribution in [0.25, 0.3) is 0 Å². The molecule has 136 valence electrons. The van der Waals surface area contributed by atoms with E-state index in [0.29, 0.717) is 24.2 Å². The second kappa shape index (κ2) is 8.50. The molecule has 1 saturated heterocycles. The first-order valence-corrected chi connectivity index (χ1v) is 8.62. The zero-order chi connectivity index (χ0) is 18.4. The van der Waals surface area contributed by atoms with E-state index in [9.17, 15) is 14.4 Å². The molecule has 1 fully saturated rings. The molecule has 7 heteroatoms. The fraction of sp³-hybridized carbons (Fsp3) is 0.500. The number of nitrogens with zero attached hydrogens (tertiary/aromatic N) is 1. The molecule has 0 aliphatic carbocycles. The third-order valence-electron chi connectivity index (χ3n) is 4.10. The van der Waals surface area contributed by atoms with Gasteiger partial charge in [0, 0.05) is 30.9 Å². The van der Waals surface area contributed by atoms with Gasteiger partial charge >= 0.3 is 6.03 Å². The Morgan fingerprint density at radius 1 is 1.20 bits per heavy atom. The van der Waals surface area contributed by atoms with Gasteiger partial charge in [0.15, 0.2) is 0 Å². The Hall–Kier alpha value is -2.57.